The van der Waals surface area contributed by atoms with Crippen molar-refractivity contribution in [1.82, 2.24) is 0 Å². The number of hydrogen-bond donors (Lipinski definition) is 1. The van der Waals surface area contributed by atoms with Crippen molar-refractivity contribution in [3.63, 3.8) is 0 Å². The highest BCUT2D eigenvalue weighted by Gasteiger charge is 2.20. The van der Waals surface area contributed by atoms with E-state index in [9.17, 15) is 4.21 Å². The second kappa shape index (κ2) is 5.46. The number of rotatable bonds is 3. The molecule has 0 saturated carbocycles. The molecule has 1 aromatic carbocycles. The minimum Gasteiger partial charge on any atom is -0.399 e. The average Bonchev–Trinajstić information content (AvgIpc) is 2.33. The van der Waals surface area contributed by atoms with E-state index in [4.69, 9.17) is 10.5 Å². The van der Waals surface area contributed by atoms with Crippen LogP contribution in [0.25, 0.3) is 0 Å². The Kier molecular flexibility index (Phi) is 3.96. The van der Waals surface area contributed by atoms with Crippen molar-refractivity contribution >= 4 is 16.5 Å². The first-order valence-electron chi connectivity index (χ1n) is 5.55. The Labute approximate surface area is 98.4 Å². The van der Waals surface area contributed by atoms with Crippen LogP contribution >= 0.6 is 0 Å². The molecule has 2 rings (SSSR count). The first-order valence-corrected chi connectivity index (χ1v) is 6.93. The summed E-state index contributed by atoms with van der Waals surface area (Å²) in [5.74, 6) is 0.630. The molecular formula is C12H17NO2S. The zero-order valence-electron chi connectivity index (χ0n) is 9.22. The molecular weight excluding hydrogens is 222 g/mol. The minimum absolute atomic E-state index is 0.298. The predicted octanol–water partition coefficient (Wildman–Crippen LogP) is 1.70. The summed E-state index contributed by atoms with van der Waals surface area (Å²) in [5, 5.41) is 0.298. The molecule has 1 unspecified atom stereocenters. The molecule has 1 atom stereocenters. The van der Waals surface area contributed by atoms with Gasteiger partial charge in [-0.3, -0.25) is 4.21 Å². The Hall–Kier alpha value is -0.870. The number of ether oxygens (including phenoxy) is 1. The molecule has 1 fully saturated rings. The lowest BCUT2D eigenvalue weighted by Crippen LogP contribution is -2.25. The van der Waals surface area contributed by atoms with Gasteiger partial charge in [0.25, 0.3) is 0 Å². The van der Waals surface area contributed by atoms with Gasteiger partial charge in [0.1, 0.15) is 0 Å². The van der Waals surface area contributed by atoms with Crippen molar-refractivity contribution in [2.24, 2.45) is 0 Å². The van der Waals surface area contributed by atoms with Crippen LogP contribution < -0.4 is 5.73 Å². The molecule has 1 aromatic rings. The summed E-state index contributed by atoms with van der Waals surface area (Å²) in [6.45, 7) is 1.50. The molecule has 1 aliphatic heterocycles. The van der Waals surface area contributed by atoms with Gasteiger partial charge in [0.15, 0.2) is 0 Å². The second-order valence-corrected chi connectivity index (χ2v) is 5.80. The van der Waals surface area contributed by atoms with Crippen molar-refractivity contribution in [2.75, 3.05) is 18.9 Å². The summed E-state index contributed by atoms with van der Waals surface area (Å²) in [6.07, 6.45) is 1.84. The Balaban J connectivity index is 1.93. The fourth-order valence-electron chi connectivity index (χ4n) is 1.83. The molecule has 1 heterocycles. The molecule has 0 aliphatic carbocycles. The van der Waals surface area contributed by atoms with Crippen LogP contribution in [-0.2, 0) is 21.3 Å². The molecule has 1 aliphatic rings. The van der Waals surface area contributed by atoms with Crippen LogP contribution in [0.2, 0.25) is 0 Å². The maximum absolute atomic E-state index is 12.1. The van der Waals surface area contributed by atoms with Gasteiger partial charge in [-0.05, 0) is 30.5 Å². The Morgan fingerprint density at radius 1 is 1.25 bits per heavy atom. The Bertz CT molecular complexity index is 358. The fourth-order valence-corrected chi connectivity index (χ4v) is 3.31. The van der Waals surface area contributed by atoms with E-state index in [1.54, 1.807) is 0 Å². The van der Waals surface area contributed by atoms with Crippen LogP contribution in [0.4, 0.5) is 5.69 Å². The van der Waals surface area contributed by atoms with E-state index in [1.165, 1.54) is 0 Å². The number of anilines is 1. The third-order valence-corrected chi connectivity index (χ3v) is 4.66. The molecule has 2 N–H and O–H groups in total. The van der Waals surface area contributed by atoms with Gasteiger partial charge < -0.3 is 10.5 Å². The van der Waals surface area contributed by atoms with Crippen LogP contribution in [-0.4, -0.2) is 22.7 Å². The summed E-state index contributed by atoms with van der Waals surface area (Å²) in [4.78, 5) is 0. The Morgan fingerprint density at radius 2 is 1.88 bits per heavy atom. The van der Waals surface area contributed by atoms with E-state index < -0.39 is 10.8 Å². The molecule has 0 amide bonds. The molecule has 0 aromatic heterocycles. The highest BCUT2D eigenvalue weighted by Crippen LogP contribution is 2.17. The van der Waals surface area contributed by atoms with Crippen molar-refractivity contribution in [3.05, 3.63) is 29.8 Å². The summed E-state index contributed by atoms with van der Waals surface area (Å²) in [6, 6.07) is 7.62. The summed E-state index contributed by atoms with van der Waals surface area (Å²) in [7, 11) is -0.785. The average molecular weight is 239 g/mol. The number of benzene rings is 1. The number of nitrogens with two attached hydrogens (primary N) is 1. The molecule has 0 spiro atoms. The number of nitrogen functional groups attached to an aromatic ring is 1. The number of hydrogen-bond acceptors (Lipinski definition) is 3. The van der Waals surface area contributed by atoms with Crippen LogP contribution in [0.1, 0.15) is 18.4 Å². The lowest BCUT2D eigenvalue weighted by molar-refractivity contribution is 0.0992. The van der Waals surface area contributed by atoms with Crippen LogP contribution in [0.15, 0.2) is 24.3 Å². The summed E-state index contributed by atoms with van der Waals surface area (Å²) < 4.78 is 17.3. The van der Waals surface area contributed by atoms with E-state index in [2.05, 4.69) is 0 Å². The van der Waals surface area contributed by atoms with Crippen molar-refractivity contribution < 1.29 is 8.95 Å². The molecule has 16 heavy (non-hydrogen) atoms. The first kappa shape index (κ1) is 11.6. The Morgan fingerprint density at radius 3 is 2.50 bits per heavy atom. The van der Waals surface area contributed by atoms with E-state index in [-0.39, 0.29) is 0 Å². The minimum atomic E-state index is -0.785. The zero-order chi connectivity index (χ0) is 11.4. The van der Waals surface area contributed by atoms with Gasteiger partial charge >= 0.3 is 0 Å². The lowest BCUT2D eigenvalue weighted by Gasteiger charge is -2.21. The van der Waals surface area contributed by atoms with E-state index in [0.717, 1.165) is 37.3 Å². The van der Waals surface area contributed by atoms with Crippen LogP contribution in [0.3, 0.4) is 0 Å². The van der Waals surface area contributed by atoms with Crippen molar-refractivity contribution in [1.29, 1.82) is 0 Å². The predicted molar refractivity (Wildman–Crippen MR) is 66.5 cm³/mol. The van der Waals surface area contributed by atoms with Gasteiger partial charge in [-0.1, -0.05) is 12.1 Å². The fraction of sp³-hybridized carbons (Fsp3) is 0.500. The molecule has 88 valence electrons. The normalized spacial score (nSPS) is 19.5. The van der Waals surface area contributed by atoms with Gasteiger partial charge in [-0.2, -0.15) is 0 Å². The molecule has 0 radical (unpaired) electrons. The van der Waals surface area contributed by atoms with E-state index >= 15 is 0 Å². The maximum Gasteiger partial charge on any atom is 0.0488 e. The third kappa shape index (κ3) is 3.06. The van der Waals surface area contributed by atoms with E-state index in [0.29, 0.717) is 11.0 Å². The van der Waals surface area contributed by atoms with Crippen LogP contribution in [0.5, 0.6) is 0 Å². The van der Waals surface area contributed by atoms with Gasteiger partial charge in [0, 0.05) is 40.7 Å². The standard InChI is InChI=1S/C12H17NO2S/c13-11-3-1-10(2-4-11)9-16(14)12-5-7-15-8-6-12/h1-4,12H,5-9,13H2. The van der Waals surface area contributed by atoms with E-state index in [1.807, 2.05) is 24.3 Å². The van der Waals surface area contributed by atoms with Gasteiger partial charge in [0.05, 0.1) is 0 Å². The van der Waals surface area contributed by atoms with Gasteiger partial charge in [-0.15, -0.1) is 0 Å². The highest BCUT2D eigenvalue weighted by molar-refractivity contribution is 7.84. The largest absolute Gasteiger partial charge is 0.399 e. The quantitative estimate of drug-likeness (QED) is 0.817. The first-order chi connectivity index (χ1) is 7.75. The van der Waals surface area contributed by atoms with Gasteiger partial charge in [0.2, 0.25) is 0 Å². The van der Waals surface area contributed by atoms with Gasteiger partial charge in [-0.25, -0.2) is 0 Å². The zero-order valence-corrected chi connectivity index (χ0v) is 10.0. The summed E-state index contributed by atoms with van der Waals surface area (Å²) in [5.41, 5.74) is 7.45. The molecule has 3 nitrogen and oxygen atoms in total. The summed E-state index contributed by atoms with van der Waals surface area (Å²) >= 11 is 0. The van der Waals surface area contributed by atoms with Crippen molar-refractivity contribution in [3.8, 4) is 0 Å². The SMILES string of the molecule is Nc1ccc(CS(=O)C2CCOCC2)cc1. The third-order valence-electron chi connectivity index (χ3n) is 2.83. The topological polar surface area (TPSA) is 52.3 Å². The second-order valence-electron chi connectivity index (χ2n) is 4.08. The van der Waals surface area contributed by atoms with Crippen LogP contribution in [0, 0.1) is 0 Å². The molecule has 0 bridgehead atoms. The highest BCUT2D eigenvalue weighted by atomic mass is 32.2. The van der Waals surface area contributed by atoms with Crippen molar-refractivity contribution in [2.45, 2.75) is 23.8 Å². The monoisotopic (exact) mass is 239 g/mol. The maximum atomic E-state index is 12.1. The molecule has 1 saturated heterocycles. The smallest absolute Gasteiger partial charge is 0.0488 e. The molecule has 4 heteroatoms. The lowest BCUT2D eigenvalue weighted by atomic mass is 10.2.